The van der Waals surface area contributed by atoms with Gasteiger partial charge in [0.15, 0.2) is 10.8 Å². The van der Waals surface area contributed by atoms with Gasteiger partial charge in [0, 0.05) is 168 Å². The minimum absolute atomic E-state index is 0.0136. The summed E-state index contributed by atoms with van der Waals surface area (Å²) in [6.45, 7) is 11.1. The minimum atomic E-state index is -0.314. The number of ether oxygens (including phenoxy) is 1. The fourth-order valence-electron chi connectivity index (χ4n) is 19.0. The fraction of sp³-hybridized carbons (Fsp3) is 0.378. The molecule has 2 aliphatic carbocycles. The zero-order valence-corrected chi connectivity index (χ0v) is 75.7. The summed E-state index contributed by atoms with van der Waals surface area (Å²) in [5.41, 5.74) is 14.4. The molecule has 30 nitrogen and oxygen atoms in total. The number of nitrogens with zero attached hydrogens (tertiary/aromatic N) is 19. The van der Waals surface area contributed by atoms with Crippen LogP contribution in [0.1, 0.15) is 136 Å². The summed E-state index contributed by atoms with van der Waals surface area (Å²) in [6, 6.07) is 38.5. The van der Waals surface area contributed by atoms with E-state index in [1.165, 1.54) is 109 Å². The van der Waals surface area contributed by atoms with Crippen molar-refractivity contribution in [2.75, 3.05) is 105 Å². The molecule has 130 heavy (non-hydrogen) atoms. The number of likely N-dealkylation sites (tertiary alicyclic amines) is 2. The van der Waals surface area contributed by atoms with Gasteiger partial charge >= 0.3 is 0 Å². The van der Waals surface area contributed by atoms with Gasteiger partial charge in [-0.1, -0.05) is 43.9 Å². The topological polar surface area (TPSA) is 330 Å². The quantitative estimate of drug-likeness (QED) is 0.0346. The number of aromatic nitrogens is 16. The Morgan fingerprint density at radius 2 is 1.08 bits per heavy atom. The summed E-state index contributed by atoms with van der Waals surface area (Å²) >= 11 is 2.86. The number of oxazole rings is 1. The van der Waals surface area contributed by atoms with Crippen LogP contribution in [-0.2, 0) is 24.9 Å². The number of aryl methyl sites for hydroxylation is 2. The second kappa shape index (κ2) is 39.6. The lowest BCUT2D eigenvalue weighted by molar-refractivity contribution is 0.0613. The average molecular weight is 1780 g/mol. The Labute approximate surface area is 761 Å². The molecule has 1 atom stereocenters. The van der Waals surface area contributed by atoms with Crippen molar-refractivity contribution in [3.8, 4) is 50.5 Å². The smallest absolute Gasteiger partial charge is 0.268 e. The molecule has 6 fully saturated rings. The Balaban J connectivity index is 0.000000126. The molecular formula is C98H109N25O5S2. The highest BCUT2D eigenvalue weighted by molar-refractivity contribution is 7.12. The van der Waals surface area contributed by atoms with Gasteiger partial charge in [-0.3, -0.25) is 28.5 Å². The van der Waals surface area contributed by atoms with Gasteiger partial charge in [-0.25, -0.2) is 44.4 Å². The zero-order valence-electron chi connectivity index (χ0n) is 74.0. The molecule has 1 unspecified atom stereocenters. The lowest BCUT2D eigenvalue weighted by atomic mass is 9.92. The van der Waals surface area contributed by atoms with Crippen LogP contribution in [0.3, 0.4) is 0 Å². The maximum atomic E-state index is 14.3. The van der Waals surface area contributed by atoms with Crippen LogP contribution >= 0.6 is 22.7 Å². The first-order valence-corrected chi connectivity index (χ1v) is 47.3. The van der Waals surface area contributed by atoms with Crippen molar-refractivity contribution in [1.29, 1.82) is 0 Å². The molecule has 0 radical (unpaired) electrons. The van der Waals surface area contributed by atoms with Crippen molar-refractivity contribution in [3.05, 3.63) is 235 Å². The van der Waals surface area contributed by atoms with Gasteiger partial charge in [0.25, 0.3) is 16.7 Å². The van der Waals surface area contributed by atoms with E-state index in [1.54, 1.807) is 35.4 Å². The molecule has 4 saturated heterocycles. The van der Waals surface area contributed by atoms with Crippen LogP contribution in [0.2, 0.25) is 0 Å². The lowest BCUT2D eigenvalue weighted by Crippen LogP contribution is -2.41. The van der Waals surface area contributed by atoms with E-state index < -0.39 is 0 Å². The number of hydrogen-bond donors (Lipinski definition) is 6. The molecule has 668 valence electrons. The SMILES string of the molecule is CN(c1ccc(Nc2ncc3cc(-c4cnc(-c5ncco5)cn4)c(=O)n(-c4nccs4)c3n2)cc1)C1CCNCC1.CN1CCCC(Nc2ccc(Nc3ncc4cc(-c5nc(C6CCCC6)cn5C)c(=O)n(Cc5nccs5)c4n3)cc2)C1.Cc1cc(C2CCCC2)ccc1-c1cc2cnc(Nc3ccc(NC4CCN(C)CC4)cc3)nc2n(CC2CCOCC2)c1=O. The Morgan fingerprint density at radius 1 is 0.500 bits per heavy atom. The number of hydrogen-bond acceptors (Lipinski definition) is 28. The highest BCUT2D eigenvalue weighted by Gasteiger charge is 2.29. The van der Waals surface area contributed by atoms with Crippen molar-refractivity contribution in [2.24, 2.45) is 13.0 Å². The number of piperidine rings is 3. The fourth-order valence-corrected chi connectivity index (χ4v) is 20.2. The number of rotatable bonds is 23. The van der Waals surface area contributed by atoms with Crippen molar-refractivity contribution in [3.63, 3.8) is 0 Å². The standard InChI is InChI=1S/C37H46N6O2.C32H37N9OS.C29H26N10O2S/c1-25-21-28(27-5-3-4-6-27)7-12-33(25)34-22-29-23-38-37(41-35(29)43(36(34)44)24-26-15-19-45-20-16-26)40-31-10-8-30(9-11-31)39-32-13-17-42(2)18-14-32;1-39-14-5-8-25(18-39)35-23-9-11-24(12-10-23)36-32-34-17-22-16-26(30-37-27(19-40(30)2)21-6-3-4-7-21)31(42)41(29(22)38-32)20-28-33-13-15-43-28;1-38(21-6-8-30-9-7-21)20-4-2-19(3-5-20)36-28-35-15-18-14-22(23-16-34-24(17-33-23)26-31-10-12-41-26)27(40)39(25(18)37-28)29-32-11-13-42-29/h7-12,21-23,26-27,32,39H,3-6,13-20,24H2,1-2H3,(H,38,40,41);9-13,15-17,19,21,25,35H,3-8,14,18,20H2,1-2H3,(H,34,36,38);2-5,10-17,21,30H,6-9H2,1H3,(H,35,36,37). The number of fused-ring (bicyclic) bond motifs is 3. The molecule has 15 heterocycles. The number of thiazole rings is 2. The summed E-state index contributed by atoms with van der Waals surface area (Å²) in [4.78, 5) is 104. The first-order valence-electron chi connectivity index (χ1n) is 45.6. The summed E-state index contributed by atoms with van der Waals surface area (Å²) in [7, 11) is 8.47. The molecule has 11 aromatic heterocycles. The molecular weight excluding hydrogens is 1670 g/mol. The molecule has 4 aromatic carbocycles. The minimum Gasteiger partial charge on any atom is -0.443 e. The summed E-state index contributed by atoms with van der Waals surface area (Å²) in [5, 5.41) is 28.1. The van der Waals surface area contributed by atoms with Crippen molar-refractivity contribution >= 4 is 108 Å². The Kier molecular flexibility index (Phi) is 26.4. The lowest BCUT2D eigenvalue weighted by Gasteiger charge is -2.33. The summed E-state index contributed by atoms with van der Waals surface area (Å²) in [5.74, 6) is 3.80. The number of anilines is 9. The highest BCUT2D eigenvalue weighted by atomic mass is 32.1. The van der Waals surface area contributed by atoms with Crippen LogP contribution in [-0.4, -0.2) is 180 Å². The van der Waals surface area contributed by atoms with Gasteiger partial charge in [0.1, 0.15) is 34.1 Å². The van der Waals surface area contributed by atoms with Crippen molar-refractivity contribution < 1.29 is 9.15 Å². The van der Waals surface area contributed by atoms with E-state index in [0.717, 1.165) is 176 Å². The van der Waals surface area contributed by atoms with Crippen molar-refractivity contribution in [2.45, 2.75) is 153 Å². The molecule has 0 spiro atoms. The van der Waals surface area contributed by atoms with Crippen LogP contribution < -0.4 is 53.5 Å². The van der Waals surface area contributed by atoms with E-state index in [-0.39, 0.29) is 16.7 Å². The first kappa shape index (κ1) is 86.5. The normalized spacial score (nSPS) is 16.9. The highest BCUT2D eigenvalue weighted by Crippen LogP contribution is 2.39. The number of benzene rings is 4. The first-order chi connectivity index (χ1) is 63.6. The number of nitrogens with one attached hydrogen (secondary N) is 6. The predicted octanol–water partition coefficient (Wildman–Crippen LogP) is 17.0. The van der Waals surface area contributed by atoms with Gasteiger partial charge in [0.2, 0.25) is 23.7 Å². The van der Waals surface area contributed by atoms with Gasteiger partial charge in [0.05, 0.1) is 47.7 Å². The average Bonchev–Trinajstić information content (AvgIpc) is 1.16. The van der Waals surface area contributed by atoms with E-state index in [4.69, 9.17) is 29.1 Å². The van der Waals surface area contributed by atoms with Crippen LogP contribution in [0.25, 0.3) is 83.6 Å². The third-order valence-corrected chi connectivity index (χ3v) is 27.7. The molecule has 32 heteroatoms. The van der Waals surface area contributed by atoms with Gasteiger partial charge in [-0.05, 0) is 250 Å². The van der Waals surface area contributed by atoms with E-state index in [0.29, 0.717) is 129 Å². The molecule has 4 aliphatic heterocycles. The number of pyridine rings is 3. The Morgan fingerprint density at radius 3 is 1.70 bits per heavy atom. The van der Waals surface area contributed by atoms with E-state index in [2.05, 4.69) is 187 Å². The van der Waals surface area contributed by atoms with Crippen LogP contribution in [0.5, 0.6) is 0 Å². The van der Waals surface area contributed by atoms with Crippen LogP contribution in [0.4, 0.5) is 52.0 Å². The predicted molar refractivity (Wildman–Crippen MR) is 516 cm³/mol. The molecule has 2 saturated carbocycles. The van der Waals surface area contributed by atoms with Crippen molar-refractivity contribution in [1.82, 2.24) is 93.2 Å². The largest absolute Gasteiger partial charge is 0.443 e. The number of imidazole rings is 1. The molecule has 0 bridgehead atoms. The second-order valence-electron chi connectivity index (χ2n) is 35.2. The molecule has 15 aromatic rings. The zero-order chi connectivity index (χ0) is 88.6. The molecule has 6 N–H and O–H groups in total. The van der Waals surface area contributed by atoms with Crippen LogP contribution in [0, 0.1) is 12.8 Å². The third-order valence-electron chi connectivity index (χ3n) is 26.2. The van der Waals surface area contributed by atoms with Gasteiger partial charge in [-0.15, -0.1) is 22.7 Å². The van der Waals surface area contributed by atoms with Gasteiger partial charge in [-0.2, -0.15) is 15.0 Å². The monoisotopic (exact) mass is 1780 g/mol. The maximum absolute atomic E-state index is 14.3. The molecule has 21 rings (SSSR count). The Hall–Kier alpha value is -12.9. The second-order valence-corrected chi connectivity index (χ2v) is 37.1. The summed E-state index contributed by atoms with van der Waals surface area (Å²) in [6.07, 6.45) is 35.7. The Bertz CT molecular complexity index is 6580. The van der Waals surface area contributed by atoms with Gasteiger partial charge < -0.3 is 60.3 Å². The van der Waals surface area contributed by atoms with Crippen LogP contribution in [0.15, 0.2) is 201 Å². The van der Waals surface area contributed by atoms with E-state index in [1.807, 2.05) is 69.5 Å². The summed E-state index contributed by atoms with van der Waals surface area (Å²) < 4.78 is 18.0. The molecule has 6 aliphatic rings. The van der Waals surface area contributed by atoms with E-state index in [9.17, 15) is 14.4 Å². The molecule has 0 amide bonds. The maximum Gasteiger partial charge on any atom is 0.268 e. The third kappa shape index (κ3) is 20.0. The van der Waals surface area contributed by atoms with E-state index >= 15 is 0 Å². The number of likely N-dealkylation sites (N-methyl/N-ethyl adjacent to an activating group) is 1.